The number of halogens is 1. The fourth-order valence-corrected chi connectivity index (χ4v) is 2.35. The summed E-state index contributed by atoms with van der Waals surface area (Å²) in [6, 6.07) is 14.0. The van der Waals surface area contributed by atoms with Gasteiger partial charge in [-0.25, -0.2) is 9.78 Å². The van der Waals surface area contributed by atoms with Gasteiger partial charge >= 0.3 is 5.97 Å². The van der Waals surface area contributed by atoms with Crippen molar-refractivity contribution in [1.29, 1.82) is 0 Å². The van der Waals surface area contributed by atoms with E-state index in [1.165, 1.54) is 13.0 Å². The maximum atomic E-state index is 12.1. The lowest BCUT2D eigenvalue weighted by atomic mass is 10.3. The van der Waals surface area contributed by atoms with Crippen molar-refractivity contribution in [2.45, 2.75) is 13.0 Å². The van der Waals surface area contributed by atoms with Gasteiger partial charge in [0.15, 0.2) is 11.7 Å². The van der Waals surface area contributed by atoms with E-state index in [0.717, 1.165) is 6.08 Å². The van der Waals surface area contributed by atoms with Gasteiger partial charge in [0.1, 0.15) is 5.52 Å². The number of para-hydroxylation sites is 3. The summed E-state index contributed by atoms with van der Waals surface area (Å²) < 4.78 is 10.5. The van der Waals surface area contributed by atoms with Gasteiger partial charge in [-0.2, -0.15) is 0 Å². The van der Waals surface area contributed by atoms with Gasteiger partial charge in [0.2, 0.25) is 5.89 Å². The first-order chi connectivity index (χ1) is 12.5. The molecule has 6 nitrogen and oxygen atoms in total. The zero-order valence-corrected chi connectivity index (χ0v) is 14.6. The van der Waals surface area contributed by atoms with E-state index in [1.54, 1.807) is 36.4 Å². The van der Waals surface area contributed by atoms with Crippen molar-refractivity contribution in [3.8, 4) is 0 Å². The lowest BCUT2D eigenvalue weighted by Crippen LogP contribution is -2.29. The molecule has 3 aromatic rings. The molecule has 1 heterocycles. The number of esters is 1. The lowest BCUT2D eigenvalue weighted by Gasteiger charge is -2.13. The van der Waals surface area contributed by atoms with Crippen LogP contribution >= 0.6 is 11.6 Å². The van der Waals surface area contributed by atoms with Gasteiger partial charge in [0, 0.05) is 12.2 Å². The molecule has 0 bridgehead atoms. The fourth-order valence-electron chi connectivity index (χ4n) is 2.16. The van der Waals surface area contributed by atoms with Crippen LogP contribution < -0.4 is 5.32 Å². The molecule has 1 amide bonds. The summed E-state index contributed by atoms with van der Waals surface area (Å²) in [5.74, 6) is -0.896. The summed E-state index contributed by atoms with van der Waals surface area (Å²) >= 11 is 5.98. The molecule has 1 N–H and O–H groups in total. The van der Waals surface area contributed by atoms with Crippen molar-refractivity contribution in [3.63, 3.8) is 0 Å². The number of nitrogens with zero attached hydrogens (tertiary/aromatic N) is 1. The van der Waals surface area contributed by atoms with Crippen LogP contribution in [-0.2, 0) is 14.3 Å². The largest absolute Gasteiger partial charge is 0.449 e. The number of hydrogen-bond donors (Lipinski definition) is 1. The third kappa shape index (κ3) is 4.29. The minimum atomic E-state index is -0.993. The van der Waals surface area contributed by atoms with Gasteiger partial charge in [0.05, 0.1) is 10.7 Å². The van der Waals surface area contributed by atoms with Crippen LogP contribution in [0.25, 0.3) is 17.2 Å². The van der Waals surface area contributed by atoms with Crippen LogP contribution in [0.4, 0.5) is 5.69 Å². The number of fused-ring (bicyclic) bond motifs is 1. The second kappa shape index (κ2) is 7.84. The molecule has 7 heteroatoms. The lowest BCUT2D eigenvalue weighted by molar-refractivity contribution is -0.148. The monoisotopic (exact) mass is 370 g/mol. The molecule has 0 aliphatic rings. The van der Waals surface area contributed by atoms with E-state index >= 15 is 0 Å². The molecule has 1 aromatic heterocycles. The molecule has 1 atom stereocenters. The first kappa shape index (κ1) is 17.7. The first-order valence-corrected chi connectivity index (χ1v) is 8.20. The number of oxazole rings is 1. The van der Waals surface area contributed by atoms with E-state index in [0.29, 0.717) is 21.8 Å². The number of benzene rings is 2. The molecule has 0 fully saturated rings. The summed E-state index contributed by atoms with van der Waals surface area (Å²) in [6.45, 7) is 1.47. The predicted molar refractivity (Wildman–Crippen MR) is 98.7 cm³/mol. The molecule has 3 rings (SSSR count). The van der Waals surface area contributed by atoms with Crippen molar-refractivity contribution in [1.82, 2.24) is 4.98 Å². The topological polar surface area (TPSA) is 81.4 Å². The SMILES string of the molecule is C[C@H](OC(=O)/C=C/c1nc2ccccc2o1)C(=O)Nc1ccccc1Cl. The molecule has 0 radical (unpaired) electrons. The minimum absolute atomic E-state index is 0.274. The predicted octanol–water partition coefficient (Wildman–Crippen LogP) is 4.06. The van der Waals surface area contributed by atoms with Crippen LogP contribution in [0, 0.1) is 0 Å². The highest BCUT2D eigenvalue weighted by Gasteiger charge is 2.17. The molecular formula is C19H15ClN2O4. The van der Waals surface area contributed by atoms with Crippen LogP contribution in [0.1, 0.15) is 12.8 Å². The first-order valence-electron chi connectivity index (χ1n) is 7.82. The Hall–Kier alpha value is -3.12. The highest BCUT2D eigenvalue weighted by atomic mass is 35.5. The van der Waals surface area contributed by atoms with E-state index in [2.05, 4.69) is 10.3 Å². The van der Waals surface area contributed by atoms with Crippen LogP contribution in [0.5, 0.6) is 0 Å². The van der Waals surface area contributed by atoms with Crippen LogP contribution in [0.15, 0.2) is 59.0 Å². The van der Waals surface area contributed by atoms with Gasteiger partial charge in [-0.1, -0.05) is 35.9 Å². The van der Waals surface area contributed by atoms with Crippen LogP contribution in [0.3, 0.4) is 0 Å². The summed E-state index contributed by atoms with van der Waals surface area (Å²) in [7, 11) is 0. The third-order valence-corrected chi connectivity index (χ3v) is 3.80. The van der Waals surface area contributed by atoms with Gasteiger partial charge < -0.3 is 14.5 Å². The average Bonchev–Trinajstić information content (AvgIpc) is 3.05. The summed E-state index contributed by atoms with van der Waals surface area (Å²) in [6.07, 6.45) is 1.55. The molecule has 0 saturated carbocycles. The number of carbonyl (C=O) groups excluding carboxylic acids is 2. The minimum Gasteiger partial charge on any atom is -0.449 e. The van der Waals surface area contributed by atoms with Gasteiger partial charge in [-0.05, 0) is 31.2 Å². The second-order valence-electron chi connectivity index (χ2n) is 5.40. The van der Waals surface area contributed by atoms with Crippen LogP contribution in [-0.4, -0.2) is 23.0 Å². The number of rotatable bonds is 5. The molecule has 0 aliphatic carbocycles. The molecule has 26 heavy (non-hydrogen) atoms. The molecule has 0 spiro atoms. The summed E-state index contributed by atoms with van der Waals surface area (Å²) in [4.78, 5) is 28.2. The highest BCUT2D eigenvalue weighted by molar-refractivity contribution is 6.33. The number of carbonyl (C=O) groups is 2. The molecule has 0 aliphatic heterocycles. The van der Waals surface area contributed by atoms with Gasteiger partial charge in [-0.3, -0.25) is 4.79 Å². The Kier molecular flexibility index (Phi) is 5.34. The Morgan fingerprint density at radius 3 is 2.69 bits per heavy atom. The Bertz CT molecular complexity index is 947. The van der Waals surface area contributed by atoms with Gasteiger partial charge in [0.25, 0.3) is 5.91 Å². The maximum absolute atomic E-state index is 12.1. The third-order valence-electron chi connectivity index (χ3n) is 3.47. The number of anilines is 1. The van der Waals surface area contributed by atoms with E-state index < -0.39 is 18.0 Å². The Morgan fingerprint density at radius 1 is 1.19 bits per heavy atom. The quantitative estimate of drug-likeness (QED) is 0.541. The van der Waals surface area contributed by atoms with Gasteiger partial charge in [-0.15, -0.1) is 0 Å². The highest BCUT2D eigenvalue weighted by Crippen LogP contribution is 2.20. The Morgan fingerprint density at radius 2 is 1.92 bits per heavy atom. The number of ether oxygens (including phenoxy) is 1. The number of nitrogens with one attached hydrogen (secondary N) is 1. The average molecular weight is 371 g/mol. The van der Waals surface area contributed by atoms with E-state index in [1.807, 2.05) is 12.1 Å². The van der Waals surface area contributed by atoms with E-state index in [-0.39, 0.29) is 5.89 Å². The van der Waals surface area contributed by atoms with Crippen molar-refractivity contribution in [3.05, 3.63) is 65.5 Å². The molecule has 132 valence electrons. The fraction of sp³-hybridized carbons (Fsp3) is 0.105. The zero-order valence-electron chi connectivity index (χ0n) is 13.8. The van der Waals surface area contributed by atoms with Crippen molar-refractivity contribution >= 4 is 46.3 Å². The number of hydrogen-bond acceptors (Lipinski definition) is 5. The van der Waals surface area contributed by atoms with E-state index in [4.69, 9.17) is 20.8 Å². The molecule has 0 saturated heterocycles. The van der Waals surface area contributed by atoms with E-state index in [9.17, 15) is 9.59 Å². The number of amides is 1. The van der Waals surface area contributed by atoms with Crippen LogP contribution in [0.2, 0.25) is 5.02 Å². The van der Waals surface area contributed by atoms with Crippen molar-refractivity contribution in [2.24, 2.45) is 0 Å². The second-order valence-corrected chi connectivity index (χ2v) is 5.81. The maximum Gasteiger partial charge on any atom is 0.331 e. The van der Waals surface area contributed by atoms with Crippen molar-refractivity contribution < 1.29 is 18.7 Å². The Balaban J connectivity index is 1.58. The molecule has 0 unspecified atom stereocenters. The summed E-state index contributed by atoms with van der Waals surface area (Å²) in [5, 5.41) is 3.00. The number of aromatic nitrogens is 1. The smallest absolute Gasteiger partial charge is 0.331 e. The Labute approximate surface area is 154 Å². The van der Waals surface area contributed by atoms with Crippen molar-refractivity contribution in [2.75, 3.05) is 5.32 Å². The standard InChI is InChI=1S/C19H15ClN2O4/c1-12(19(24)22-14-7-3-2-6-13(14)20)25-18(23)11-10-17-21-15-8-4-5-9-16(15)26-17/h2-12H,1H3,(H,22,24)/b11-10+/t12-/m0/s1. The zero-order chi connectivity index (χ0) is 18.5. The molecular weight excluding hydrogens is 356 g/mol. The normalized spacial score (nSPS) is 12.2. The molecule has 2 aromatic carbocycles. The summed E-state index contributed by atoms with van der Waals surface area (Å²) in [5.41, 5.74) is 1.75.